The number of hydrogen-bond acceptors (Lipinski definition) is 4. The first-order valence-electron chi connectivity index (χ1n) is 6.80. The van der Waals surface area contributed by atoms with E-state index in [1.54, 1.807) is 25.3 Å². The van der Waals surface area contributed by atoms with E-state index >= 15 is 0 Å². The summed E-state index contributed by atoms with van der Waals surface area (Å²) in [6.07, 6.45) is 3.42. The van der Waals surface area contributed by atoms with Crippen LogP contribution in [-0.2, 0) is 16.0 Å². The van der Waals surface area contributed by atoms with Crippen molar-refractivity contribution >= 4 is 17.5 Å². The SMILES string of the molecule is CC(=O)N1CCC(NC(=O)Cc2ccc(N)cn2)CC1. The lowest BCUT2D eigenvalue weighted by Crippen LogP contribution is -2.46. The lowest BCUT2D eigenvalue weighted by Gasteiger charge is -2.31. The van der Waals surface area contributed by atoms with Crippen molar-refractivity contribution in [2.75, 3.05) is 18.8 Å². The van der Waals surface area contributed by atoms with E-state index < -0.39 is 0 Å². The van der Waals surface area contributed by atoms with Gasteiger partial charge in [0.1, 0.15) is 0 Å². The highest BCUT2D eigenvalue weighted by Crippen LogP contribution is 2.10. The molecule has 0 bridgehead atoms. The summed E-state index contributed by atoms with van der Waals surface area (Å²) in [5.41, 5.74) is 6.84. The highest BCUT2D eigenvalue weighted by atomic mass is 16.2. The minimum Gasteiger partial charge on any atom is -0.397 e. The van der Waals surface area contributed by atoms with Crippen molar-refractivity contribution in [1.29, 1.82) is 0 Å². The van der Waals surface area contributed by atoms with E-state index in [0.717, 1.165) is 12.8 Å². The standard InChI is InChI=1S/C14H20N4O2/c1-10(19)18-6-4-12(5-7-18)17-14(20)8-13-3-2-11(15)9-16-13/h2-3,9,12H,4-8,15H2,1H3,(H,17,20). The number of nitrogens with one attached hydrogen (secondary N) is 1. The minimum atomic E-state index is -0.0384. The number of hydrogen-bond donors (Lipinski definition) is 2. The van der Waals surface area contributed by atoms with Gasteiger partial charge < -0.3 is 16.0 Å². The molecule has 1 saturated heterocycles. The van der Waals surface area contributed by atoms with Crippen molar-refractivity contribution in [1.82, 2.24) is 15.2 Å². The lowest BCUT2D eigenvalue weighted by atomic mass is 10.0. The molecule has 1 aliphatic rings. The molecule has 0 radical (unpaired) electrons. The van der Waals surface area contributed by atoms with Crippen molar-refractivity contribution in [2.24, 2.45) is 0 Å². The molecule has 3 N–H and O–H groups in total. The Labute approximate surface area is 118 Å². The number of rotatable bonds is 3. The van der Waals surface area contributed by atoms with E-state index in [4.69, 9.17) is 5.73 Å². The summed E-state index contributed by atoms with van der Waals surface area (Å²) < 4.78 is 0. The van der Waals surface area contributed by atoms with Gasteiger partial charge in [-0.25, -0.2) is 0 Å². The number of anilines is 1. The number of pyridine rings is 1. The van der Waals surface area contributed by atoms with Crippen molar-refractivity contribution in [3.05, 3.63) is 24.0 Å². The normalized spacial score (nSPS) is 15.9. The Morgan fingerprint density at radius 2 is 2.10 bits per heavy atom. The van der Waals surface area contributed by atoms with E-state index in [1.165, 1.54) is 0 Å². The molecule has 1 aromatic heterocycles. The average molecular weight is 276 g/mol. The first-order valence-corrected chi connectivity index (χ1v) is 6.80. The molecule has 0 atom stereocenters. The first kappa shape index (κ1) is 14.3. The summed E-state index contributed by atoms with van der Waals surface area (Å²) in [6, 6.07) is 3.64. The maximum atomic E-state index is 11.9. The number of amides is 2. The van der Waals surface area contributed by atoms with Crippen LogP contribution in [0, 0.1) is 0 Å². The van der Waals surface area contributed by atoms with Crippen molar-refractivity contribution in [3.63, 3.8) is 0 Å². The van der Waals surface area contributed by atoms with Crippen LogP contribution in [0.1, 0.15) is 25.5 Å². The predicted molar refractivity (Wildman–Crippen MR) is 75.8 cm³/mol. The molecule has 1 fully saturated rings. The Balaban J connectivity index is 1.78. The van der Waals surface area contributed by atoms with Gasteiger partial charge in [0.15, 0.2) is 0 Å². The van der Waals surface area contributed by atoms with Gasteiger partial charge in [-0.3, -0.25) is 14.6 Å². The minimum absolute atomic E-state index is 0.0384. The second-order valence-corrected chi connectivity index (χ2v) is 5.11. The maximum absolute atomic E-state index is 11.9. The summed E-state index contributed by atoms with van der Waals surface area (Å²) in [6.45, 7) is 2.99. The maximum Gasteiger partial charge on any atom is 0.226 e. The van der Waals surface area contributed by atoms with E-state index in [1.807, 2.05) is 4.90 Å². The summed E-state index contributed by atoms with van der Waals surface area (Å²) in [5, 5.41) is 2.99. The largest absolute Gasteiger partial charge is 0.397 e. The number of aromatic nitrogens is 1. The highest BCUT2D eigenvalue weighted by molar-refractivity contribution is 5.78. The van der Waals surface area contributed by atoms with Crippen LogP contribution in [0.3, 0.4) is 0 Å². The van der Waals surface area contributed by atoms with E-state index in [2.05, 4.69) is 10.3 Å². The molecule has 6 nitrogen and oxygen atoms in total. The highest BCUT2D eigenvalue weighted by Gasteiger charge is 2.21. The van der Waals surface area contributed by atoms with Gasteiger partial charge in [0.05, 0.1) is 18.3 Å². The molecule has 1 aromatic rings. The lowest BCUT2D eigenvalue weighted by molar-refractivity contribution is -0.130. The number of likely N-dealkylation sites (tertiary alicyclic amines) is 1. The van der Waals surface area contributed by atoms with Crippen LogP contribution in [0.15, 0.2) is 18.3 Å². The van der Waals surface area contributed by atoms with Crippen LogP contribution in [0.25, 0.3) is 0 Å². The van der Waals surface area contributed by atoms with E-state index in [9.17, 15) is 9.59 Å². The van der Waals surface area contributed by atoms with Gasteiger partial charge in [0, 0.05) is 31.7 Å². The first-order chi connectivity index (χ1) is 9.54. The molecule has 2 amide bonds. The fraction of sp³-hybridized carbons (Fsp3) is 0.500. The molecule has 0 unspecified atom stereocenters. The molecular formula is C14H20N4O2. The second-order valence-electron chi connectivity index (χ2n) is 5.11. The Hall–Kier alpha value is -2.11. The molecule has 0 spiro atoms. The molecule has 0 aromatic carbocycles. The summed E-state index contributed by atoms with van der Waals surface area (Å²) in [5.74, 6) is 0.0596. The van der Waals surface area contributed by atoms with Crippen molar-refractivity contribution in [2.45, 2.75) is 32.2 Å². The molecule has 108 valence electrons. The van der Waals surface area contributed by atoms with E-state index in [-0.39, 0.29) is 24.3 Å². The third-order valence-corrected chi connectivity index (χ3v) is 3.49. The number of nitrogens with two attached hydrogens (primary N) is 1. The molecule has 2 rings (SSSR count). The van der Waals surface area contributed by atoms with Crippen LogP contribution >= 0.6 is 0 Å². The van der Waals surface area contributed by atoms with Crippen LogP contribution in [0.2, 0.25) is 0 Å². The van der Waals surface area contributed by atoms with Gasteiger partial charge in [-0.1, -0.05) is 0 Å². The molecule has 1 aliphatic heterocycles. The molecule has 0 saturated carbocycles. The van der Waals surface area contributed by atoms with Crippen LogP contribution in [0.4, 0.5) is 5.69 Å². The zero-order valence-electron chi connectivity index (χ0n) is 11.6. The van der Waals surface area contributed by atoms with Crippen LogP contribution in [-0.4, -0.2) is 40.8 Å². The molecule has 2 heterocycles. The quantitative estimate of drug-likeness (QED) is 0.833. The number of carbonyl (C=O) groups excluding carboxylic acids is 2. The molecule has 20 heavy (non-hydrogen) atoms. The Bertz CT molecular complexity index is 478. The van der Waals surface area contributed by atoms with Crippen molar-refractivity contribution in [3.8, 4) is 0 Å². The van der Waals surface area contributed by atoms with Gasteiger partial charge in [0.2, 0.25) is 11.8 Å². The van der Waals surface area contributed by atoms with Gasteiger partial charge in [-0.2, -0.15) is 0 Å². The van der Waals surface area contributed by atoms with Gasteiger partial charge >= 0.3 is 0 Å². The Morgan fingerprint density at radius 1 is 1.40 bits per heavy atom. The van der Waals surface area contributed by atoms with Gasteiger partial charge in [-0.15, -0.1) is 0 Å². The monoisotopic (exact) mass is 276 g/mol. The topological polar surface area (TPSA) is 88.3 Å². The smallest absolute Gasteiger partial charge is 0.226 e. The third-order valence-electron chi connectivity index (χ3n) is 3.49. The number of carbonyl (C=O) groups is 2. The summed E-state index contributed by atoms with van der Waals surface area (Å²) in [7, 11) is 0. The predicted octanol–water partition coefficient (Wildman–Crippen LogP) is 0.333. The van der Waals surface area contributed by atoms with Crippen molar-refractivity contribution < 1.29 is 9.59 Å². The zero-order chi connectivity index (χ0) is 14.5. The van der Waals surface area contributed by atoms with Gasteiger partial charge in [0.25, 0.3) is 0 Å². The van der Waals surface area contributed by atoms with Crippen LogP contribution in [0.5, 0.6) is 0 Å². The Morgan fingerprint density at radius 3 is 2.65 bits per heavy atom. The summed E-state index contributed by atoms with van der Waals surface area (Å²) >= 11 is 0. The fourth-order valence-electron chi connectivity index (χ4n) is 2.32. The fourth-order valence-corrected chi connectivity index (χ4v) is 2.32. The molecule has 0 aliphatic carbocycles. The zero-order valence-corrected chi connectivity index (χ0v) is 11.6. The number of piperidine rings is 1. The van der Waals surface area contributed by atoms with Gasteiger partial charge in [-0.05, 0) is 25.0 Å². The van der Waals surface area contributed by atoms with E-state index in [0.29, 0.717) is 24.5 Å². The number of nitrogens with zero attached hydrogens (tertiary/aromatic N) is 2. The summed E-state index contributed by atoms with van der Waals surface area (Å²) in [4.78, 5) is 29.1. The number of nitrogen functional groups attached to an aromatic ring is 1. The average Bonchev–Trinajstić information content (AvgIpc) is 2.42. The molecule has 6 heteroatoms. The molecular weight excluding hydrogens is 256 g/mol. The second kappa shape index (κ2) is 6.36. The Kier molecular flexibility index (Phi) is 4.55. The van der Waals surface area contributed by atoms with Crippen LogP contribution < -0.4 is 11.1 Å². The third kappa shape index (κ3) is 3.94.